The number of amides is 1. The first-order valence-electron chi connectivity index (χ1n) is 9.31. The molecule has 0 aromatic carbocycles. The molecular weight excluding hydrogens is 324 g/mol. The number of hydrogen-bond acceptors (Lipinski definition) is 6. The van der Waals surface area contributed by atoms with Crippen LogP contribution < -0.4 is 0 Å². The van der Waals surface area contributed by atoms with Gasteiger partial charge in [0.2, 0.25) is 0 Å². The van der Waals surface area contributed by atoms with Crippen LogP contribution in [0.4, 0.5) is 4.79 Å². The lowest BCUT2D eigenvalue weighted by atomic mass is 10.0. The van der Waals surface area contributed by atoms with Crippen LogP contribution in [0.1, 0.15) is 26.2 Å². The zero-order chi connectivity index (χ0) is 18.0. The van der Waals surface area contributed by atoms with E-state index in [0.717, 1.165) is 52.1 Å². The van der Waals surface area contributed by atoms with Crippen LogP contribution in [0.3, 0.4) is 0 Å². The van der Waals surface area contributed by atoms with Crippen LogP contribution in [0.5, 0.6) is 0 Å². The molecule has 3 heterocycles. The van der Waals surface area contributed by atoms with Crippen LogP contribution in [0, 0.1) is 0 Å². The van der Waals surface area contributed by atoms with Crippen molar-refractivity contribution in [2.75, 3.05) is 52.9 Å². The number of carboxylic acid groups (broad SMARTS) is 1. The van der Waals surface area contributed by atoms with Gasteiger partial charge < -0.3 is 19.6 Å². The van der Waals surface area contributed by atoms with Crippen LogP contribution in [-0.2, 0) is 9.53 Å². The lowest BCUT2D eigenvalue weighted by Crippen LogP contribution is -2.55. The molecule has 0 spiro atoms. The maximum atomic E-state index is 12.4. The molecule has 8 nitrogen and oxygen atoms in total. The van der Waals surface area contributed by atoms with Crippen molar-refractivity contribution < 1.29 is 19.4 Å². The molecule has 1 amide bonds. The summed E-state index contributed by atoms with van der Waals surface area (Å²) >= 11 is 0. The first-order chi connectivity index (χ1) is 12.0. The maximum absolute atomic E-state index is 12.4. The second-order valence-corrected chi connectivity index (χ2v) is 7.48. The quantitative estimate of drug-likeness (QED) is 0.763. The van der Waals surface area contributed by atoms with Crippen molar-refractivity contribution in [1.82, 2.24) is 19.6 Å². The summed E-state index contributed by atoms with van der Waals surface area (Å²) in [6.07, 6.45) is 1.82. The highest BCUT2D eigenvalue weighted by molar-refractivity contribution is 5.71. The number of rotatable bonds is 5. The Morgan fingerprint density at radius 1 is 1.16 bits per heavy atom. The summed E-state index contributed by atoms with van der Waals surface area (Å²) in [5, 5.41) is 8.80. The van der Waals surface area contributed by atoms with Crippen molar-refractivity contribution in [3.05, 3.63) is 0 Å². The molecule has 3 aliphatic heterocycles. The molecule has 0 aliphatic carbocycles. The highest BCUT2D eigenvalue weighted by atomic mass is 16.6. The molecule has 0 radical (unpaired) electrons. The fourth-order valence-corrected chi connectivity index (χ4v) is 4.20. The fraction of sp³-hybridized carbons (Fsp3) is 0.882. The summed E-state index contributed by atoms with van der Waals surface area (Å²) in [6, 6.07) is 0.340. The number of hydrogen-bond donors (Lipinski definition) is 1. The summed E-state index contributed by atoms with van der Waals surface area (Å²) in [5.74, 6) is -0.755. The molecule has 1 N–H and O–H groups in total. The predicted molar refractivity (Wildman–Crippen MR) is 92.4 cm³/mol. The van der Waals surface area contributed by atoms with Crippen molar-refractivity contribution in [2.24, 2.45) is 0 Å². The topological polar surface area (TPSA) is 76.6 Å². The molecule has 2 atom stereocenters. The van der Waals surface area contributed by atoms with E-state index in [1.54, 1.807) is 0 Å². The minimum Gasteiger partial charge on any atom is -0.481 e. The molecule has 25 heavy (non-hydrogen) atoms. The van der Waals surface area contributed by atoms with Gasteiger partial charge in [0.25, 0.3) is 0 Å². The number of ether oxygens (including phenoxy) is 1. The Balaban J connectivity index is 1.52. The first-order valence-corrected chi connectivity index (χ1v) is 9.31. The molecule has 0 bridgehead atoms. The number of piperazine rings is 1. The lowest BCUT2D eigenvalue weighted by Gasteiger charge is -2.39. The molecule has 0 aromatic heterocycles. The van der Waals surface area contributed by atoms with Crippen LogP contribution >= 0.6 is 0 Å². The Hall–Kier alpha value is -1.38. The summed E-state index contributed by atoms with van der Waals surface area (Å²) < 4.78 is 5.73. The molecule has 0 aromatic rings. The van der Waals surface area contributed by atoms with E-state index in [9.17, 15) is 9.59 Å². The van der Waals surface area contributed by atoms with Gasteiger partial charge in [-0.2, -0.15) is 0 Å². The lowest BCUT2D eigenvalue weighted by molar-refractivity contribution is -0.137. The minimum absolute atomic E-state index is 0.0616. The van der Waals surface area contributed by atoms with Gasteiger partial charge in [0, 0.05) is 38.8 Å². The van der Waals surface area contributed by atoms with Gasteiger partial charge in [0.1, 0.15) is 0 Å². The minimum atomic E-state index is -0.755. The average molecular weight is 354 g/mol. The molecule has 142 valence electrons. The van der Waals surface area contributed by atoms with Crippen molar-refractivity contribution in [1.29, 1.82) is 0 Å². The molecule has 3 fully saturated rings. The van der Waals surface area contributed by atoms with Gasteiger partial charge in [-0.25, -0.2) is 4.79 Å². The number of likely N-dealkylation sites (tertiary alicyclic amines) is 1. The van der Waals surface area contributed by atoms with Crippen molar-refractivity contribution in [3.8, 4) is 0 Å². The van der Waals surface area contributed by atoms with Gasteiger partial charge >= 0.3 is 12.1 Å². The first kappa shape index (κ1) is 18.4. The van der Waals surface area contributed by atoms with Crippen LogP contribution in [0.15, 0.2) is 0 Å². The summed E-state index contributed by atoms with van der Waals surface area (Å²) in [5.41, 5.74) is 0. The van der Waals surface area contributed by atoms with Gasteiger partial charge in [0.15, 0.2) is 6.23 Å². The summed E-state index contributed by atoms with van der Waals surface area (Å²) in [4.78, 5) is 31.8. The van der Waals surface area contributed by atoms with Crippen molar-refractivity contribution in [2.45, 2.75) is 44.5 Å². The zero-order valence-corrected chi connectivity index (χ0v) is 15.3. The van der Waals surface area contributed by atoms with Gasteiger partial charge in [0.05, 0.1) is 12.5 Å². The number of carbonyl (C=O) groups is 2. The zero-order valence-electron chi connectivity index (χ0n) is 15.3. The third-order valence-corrected chi connectivity index (χ3v) is 5.77. The van der Waals surface area contributed by atoms with Crippen LogP contribution in [-0.4, -0.2) is 108 Å². The maximum Gasteiger partial charge on any atom is 0.412 e. The molecule has 3 rings (SSSR count). The SMILES string of the molecule is CC1C(N2CCN(CCC(=O)O)CC2)OC(=O)N1C1CCN(C)CC1. The third-order valence-electron chi connectivity index (χ3n) is 5.77. The fourth-order valence-electron chi connectivity index (χ4n) is 4.20. The number of carbonyl (C=O) groups excluding carboxylic acids is 1. The standard InChI is InChI=1S/C17H30N4O4/c1-13-16(20-11-9-19(10-12-20)8-5-15(22)23)25-17(24)21(13)14-3-6-18(2)7-4-14/h13-14,16H,3-12H2,1-2H3,(H,22,23). The normalized spacial score (nSPS) is 30.6. The van der Waals surface area contributed by atoms with Crippen LogP contribution in [0.2, 0.25) is 0 Å². The van der Waals surface area contributed by atoms with E-state index >= 15 is 0 Å². The second kappa shape index (κ2) is 7.88. The number of cyclic esters (lactones) is 1. The average Bonchev–Trinajstić information content (AvgIpc) is 2.89. The Labute approximate surface area is 149 Å². The summed E-state index contributed by atoms with van der Waals surface area (Å²) in [7, 11) is 2.12. The molecule has 2 unspecified atom stereocenters. The molecule has 3 aliphatic rings. The van der Waals surface area contributed by atoms with E-state index in [-0.39, 0.29) is 30.8 Å². The number of aliphatic carboxylic acids is 1. The monoisotopic (exact) mass is 354 g/mol. The Morgan fingerprint density at radius 2 is 1.80 bits per heavy atom. The number of carboxylic acids is 1. The number of piperidine rings is 1. The smallest absolute Gasteiger partial charge is 0.412 e. The Morgan fingerprint density at radius 3 is 2.40 bits per heavy atom. The Bertz CT molecular complexity index is 487. The molecular formula is C17H30N4O4. The van der Waals surface area contributed by atoms with Gasteiger partial charge in [-0.3, -0.25) is 14.6 Å². The van der Waals surface area contributed by atoms with Crippen LogP contribution in [0.25, 0.3) is 0 Å². The van der Waals surface area contributed by atoms with Crippen molar-refractivity contribution in [3.63, 3.8) is 0 Å². The highest BCUT2D eigenvalue weighted by Gasteiger charge is 2.46. The Kier molecular flexibility index (Phi) is 5.81. The van der Waals surface area contributed by atoms with E-state index in [1.807, 2.05) is 4.90 Å². The molecule has 0 saturated carbocycles. The van der Waals surface area contributed by atoms with Gasteiger partial charge in [-0.1, -0.05) is 0 Å². The van der Waals surface area contributed by atoms with Gasteiger partial charge in [-0.15, -0.1) is 0 Å². The van der Waals surface area contributed by atoms with Crippen molar-refractivity contribution >= 4 is 12.1 Å². The highest BCUT2D eigenvalue weighted by Crippen LogP contribution is 2.29. The molecule has 3 saturated heterocycles. The van der Waals surface area contributed by atoms with E-state index in [0.29, 0.717) is 6.54 Å². The predicted octanol–water partition coefficient (Wildman–Crippen LogP) is 0.340. The van der Waals surface area contributed by atoms with E-state index < -0.39 is 5.97 Å². The largest absolute Gasteiger partial charge is 0.481 e. The summed E-state index contributed by atoms with van der Waals surface area (Å²) in [6.45, 7) is 7.98. The second-order valence-electron chi connectivity index (χ2n) is 7.48. The number of nitrogens with zero attached hydrogens (tertiary/aromatic N) is 4. The van der Waals surface area contributed by atoms with Gasteiger partial charge in [-0.05, 0) is 39.9 Å². The molecule has 8 heteroatoms. The third kappa shape index (κ3) is 4.24. The van der Waals surface area contributed by atoms with E-state index in [1.165, 1.54) is 0 Å². The van der Waals surface area contributed by atoms with E-state index in [2.05, 4.69) is 28.7 Å². The van der Waals surface area contributed by atoms with E-state index in [4.69, 9.17) is 9.84 Å².